The molecule has 0 saturated carbocycles. The minimum Gasteiger partial charge on any atom is -0.493 e. The van der Waals surface area contributed by atoms with Crippen LogP contribution in [0.2, 0.25) is 0 Å². The number of ether oxygens (including phenoxy) is 2. The van der Waals surface area contributed by atoms with Gasteiger partial charge in [0.15, 0.2) is 11.5 Å². The summed E-state index contributed by atoms with van der Waals surface area (Å²) in [5.74, 6) is 1.41. The molecular weight excluding hydrogens is 228 g/mol. The molecule has 1 aromatic carbocycles. The number of nitrogens with one attached hydrogen (secondary N) is 1. The van der Waals surface area contributed by atoms with E-state index in [1.807, 2.05) is 32.0 Å². The van der Waals surface area contributed by atoms with Gasteiger partial charge in [0, 0.05) is 18.3 Å². The van der Waals surface area contributed by atoms with Crippen molar-refractivity contribution in [3.63, 3.8) is 0 Å². The van der Waals surface area contributed by atoms with E-state index >= 15 is 0 Å². The van der Waals surface area contributed by atoms with Gasteiger partial charge < -0.3 is 14.8 Å². The molecule has 4 heteroatoms. The number of hydrogen-bond donors (Lipinski definition) is 1. The van der Waals surface area contributed by atoms with Gasteiger partial charge in [0.1, 0.15) is 0 Å². The highest BCUT2D eigenvalue weighted by Crippen LogP contribution is 2.30. The Morgan fingerprint density at radius 2 is 1.89 bits per heavy atom. The number of nitrogens with zero attached hydrogens (tertiary/aromatic N) is 1. The second kappa shape index (κ2) is 6.15. The highest BCUT2D eigenvalue weighted by atomic mass is 16.5. The average molecular weight is 248 g/mol. The maximum atomic E-state index is 8.93. The lowest BCUT2D eigenvalue weighted by Gasteiger charge is -2.16. The molecule has 0 atom stereocenters. The third kappa shape index (κ3) is 3.85. The largest absolute Gasteiger partial charge is 0.493 e. The number of methoxy groups -OCH3 is 2. The first-order chi connectivity index (χ1) is 8.52. The predicted octanol–water partition coefficient (Wildman–Crippen LogP) is 3.06. The molecule has 18 heavy (non-hydrogen) atoms. The van der Waals surface area contributed by atoms with Crippen LogP contribution in [0.4, 0.5) is 5.69 Å². The molecule has 98 valence electrons. The van der Waals surface area contributed by atoms with E-state index < -0.39 is 0 Å². The summed E-state index contributed by atoms with van der Waals surface area (Å²) in [4.78, 5) is 0. The second-order valence-corrected chi connectivity index (χ2v) is 4.74. The zero-order valence-electron chi connectivity index (χ0n) is 11.4. The molecule has 0 saturated heterocycles. The van der Waals surface area contributed by atoms with Gasteiger partial charge >= 0.3 is 0 Å². The molecule has 0 aromatic heterocycles. The van der Waals surface area contributed by atoms with Gasteiger partial charge in [-0.3, -0.25) is 0 Å². The van der Waals surface area contributed by atoms with Crippen LogP contribution < -0.4 is 14.8 Å². The van der Waals surface area contributed by atoms with Crippen molar-refractivity contribution in [2.75, 3.05) is 26.1 Å². The van der Waals surface area contributed by atoms with Crippen LogP contribution in [0.15, 0.2) is 18.2 Å². The van der Waals surface area contributed by atoms with Crippen LogP contribution in [-0.2, 0) is 0 Å². The quantitative estimate of drug-likeness (QED) is 0.840. The SMILES string of the molecule is COc1ccc(NCCC(C)(C)C#N)cc1OC. The summed E-state index contributed by atoms with van der Waals surface area (Å²) in [6, 6.07) is 7.96. The number of benzene rings is 1. The van der Waals surface area contributed by atoms with Crippen LogP contribution in [-0.4, -0.2) is 20.8 Å². The van der Waals surface area contributed by atoms with Crippen molar-refractivity contribution in [3.05, 3.63) is 18.2 Å². The van der Waals surface area contributed by atoms with E-state index in [9.17, 15) is 0 Å². The molecule has 0 unspecified atom stereocenters. The van der Waals surface area contributed by atoms with Crippen molar-refractivity contribution in [1.29, 1.82) is 5.26 Å². The molecule has 1 N–H and O–H groups in total. The summed E-state index contributed by atoms with van der Waals surface area (Å²) in [6.07, 6.45) is 0.790. The predicted molar refractivity (Wildman–Crippen MR) is 72.0 cm³/mol. The zero-order valence-corrected chi connectivity index (χ0v) is 11.4. The zero-order chi connectivity index (χ0) is 13.6. The van der Waals surface area contributed by atoms with Crippen molar-refractivity contribution < 1.29 is 9.47 Å². The Morgan fingerprint density at radius 1 is 1.22 bits per heavy atom. The van der Waals surface area contributed by atoms with E-state index in [-0.39, 0.29) is 5.41 Å². The number of hydrogen-bond acceptors (Lipinski definition) is 4. The molecule has 0 fully saturated rings. The Bertz CT molecular complexity index is 436. The van der Waals surface area contributed by atoms with Crippen LogP contribution in [0.3, 0.4) is 0 Å². The van der Waals surface area contributed by atoms with E-state index in [4.69, 9.17) is 14.7 Å². The van der Waals surface area contributed by atoms with Gasteiger partial charge in [-0.15, -0.1) is 0 Å². The third-order valence-electron chi connectivity index (χ3n) is 2.77. The van der Waals surface area contributed by atoms with Crippen LogP contribution in [0.1, 0.15) is 20.3 Å². The highest BCUT2D eigenvalue weighted by molar-refractivity contribution is 5.54. The van der Waals surface area contributed by atoms with Crippen LogP contribution >= 0.6 is 0 Å². The van der Waals surface area contributed by atoms with Gasteiger partial charge in [0.25, 0.3) is 0 Å². The van der Waals surface area contributed by atoms with Crippen LogP contribution in [0.5, 0.6) is 11.5 Å². The Balaban J connectivity index is 2.61. The number of rotatable bonds is 6. The molecule has 0 amide bonds. The lowest BCUT2D eigenvalue weighted by Crippen LogP contribution is -2.14. The minimum atomic E-state index is -0.302. The summed E-state index contributed by atoms with van der Waals surface area (Å²) in [5.41, 5.74) is 0.658. The number of nitriles is 1. The Hall–Kier alpha value is -1.89. The van der Waals surface area contributed by atoms with E-state index in [2.05, 4.69) is 11.4 Å². The fraction of sp³-hybridized carbons (Fsp3) is 0.500. The fourth-order valence-electron chi connectivity index (χ4n) is 1.52. The summed E-state index contributed by atoms with van der Waals surface area (Å²) in [7, 11) is 3.22. The lowest BCUT2D eigenvalue weighted by molar-refractivity contribution is 0.355. The Labute approximate surface area is 109 Å². The monoisotopic (exact) mass is 248 g/mol. The molecule has 0 spiro atoms. The van der Waals surface area contributed by atoms with Crippen molar-refractivity contribution in [3.8, 4) is 17.6 Å². The van der Waals surface area contributed by atoms with Crippen molar-refractivity contribution in [2.24, 2.45) is 5.41 Å². The summed E-state index contributed by atoms with van der Waals surface area (Å²) >= 11 is 0. The van der Waals surface area contributed by atoms with Gasteiger partial charge in [-0.2, -0.15) is 5.26 Å². The molecule has 1 aromatic rings. The molecule has 0 heterocycles. The molecule has 0 radical (unpaired) electrons. The molecule has 0 bridgehead atoms. The molecule has 1 rings (SSSR count). The molecule has 0 aliphatic rings. The van der Waals surface area contributed by atoms with E-state index in [0.717, 1.165) is 18.7 Å². The van der Waals surface area contributed by atoms with Gasteiger partial charge in [-0.05, 0) is 32.4 Å². The van der Waals surface area contributed by atoms with Gasteiger partial charge in [-0.25, -0.2) is 0 Å². The maximum Gasteiger partial charge on any atom is 0.162 e. The van der Waals surface area contributed by atoms with E-state index in [0.29, 0.717) is 11.5 Å². The van der Waals surface area contributed by atoms with E-state index in [1.165, 1.54) is 0 Å². The molecule has 0 aliphatic carbocycles. The van der Waals surface area contributed by atoms with Crippen molar-refractivity contribution in [2.45, 2.75) is 20.3 Å². The van der Waals surface area contributed by atoms with Gasteiger partial charge in [0.05, 0.1) is 25.7 Å². The second-order valence-electron chi connectivity index (χ2n) is 4.74. The van der Waals surface area contributed by atoms with E-state index in [1.54, 1.807) is 14.2 Å². The Kier molecular flexibility index (Phi) is 4.85. The minimum absolute atomic E-state index is 0.302. The number of anilines is 1. The molecule has 4 nitrogen and oxygen atoms in total. The molecule has 0 aliphatic heterocycles. The van der Waals surface area contributed by atoms with Crippen molar-refractivity contribution in [1.82, 2.24) is 0 Å². The molecular formula is C14H20N2O2. The van der Waals surface area contributed by atoms with Crippen molar-refractivity contribution >= 4 is 5.69 Å². The summed E-state index contributed by atoms with van der Waals surface area (Å²) < 4.78 is 10.4. The van der Waals surface area contributed by atoms with Gasteiger partial charge in [-0.1, -0.05) is 0 Å². The van der Waals surface area contributed by atoms with Crippen LogP contribution in [0, 0.1) is 16.7 Å². The average Bonchev–Trinajstić information content (AvgIpc) is 2.38. The highest BCUT2D eigenvalue weighted by Gasteiger charge is 2.15. The first-order valence-electron chi connectivity index (χ1n) is 5.89. The standard InChI is InChI=1S/C14H20N2O2/c1-14(2,10-15)7-8-16-11-5-6-12(17-3)13(9-11)18-4/h5-6,9,16H,7-8H2,1-4H3. The topological polar surface area (TPSA) is 54.3 Å². The first-order valence-corrected chi connectivity index (χ1v) is 5.89. The van der Waals surface area contributed by atoms with Gasteiger partial charge in [0.2, 0.25) is 0 Å². The summed E-state index contributed by atoms with van der Waals surface area (Å²) in [6.45, 7) is 4.61. The normalized spacial score (nSPS) is 10.6. The maximum absolute atomic E-state index is 8.93. The Morgan fingerprint density at radius 3 is 2.44 bits per heavy atom. The first kappa shape index (κ1) is 14.2. The third-order valence-corrected chi connectivity index (χ3v) is 2.77. The van der Waals surface area contributed by atoms with Crippen LogP contribution in [0.25, 0.3) is 0 Å². The fourth-order valence-corrected chi connectivity index (χ4v) is 1.52. The summed E-state index contributed by atoms with van der Waals surface area (Å²) in [5, 5.41) is 12.2. The smallest absolute Gasteiger partial charge is 0.162 e. The lowest BCUT2D eigenvalue weighted by atomic mass is 9.91.